The van der Waals surface area contributed by atoms with Crippen LogP contribution in [-0.2, 0) is 9.73 Å². The molecule has 3 heteroatoms. The molecule has 1 aliphatic rings. The van der Waals surface area contributed by atoms with Gasteiger partial charge in [0.25, 0.3) is 0 Å². The van der Waals surface area contributed by atoms with Crippen LogP contribution in [0.25, 0.3) is 11.8 Å². The largest absolute Gasteiger partial charge is 0.239 e. The van der Waals surface area contributed by atoms with Crippen molar-refractivity contribution in [1.29, 1.82) is 0 Å². The first-order valence-electron chi connectivity index (χ1n) is 7.46. The highest BCUT2D eigenvalue weighted by atomic mass is 32.2. The first-order valence-corrected chi connectivity index (χ1v) is 8.97. The Balaban J connectivity index is 2.03. The molecule has 0 aliphatic carbocycles. The van der Waals surface area contributed by atoms with Gasteiger partial charge in [-0.1, -0.05) is 66.7 Å². The van der Waals surface area contributed by atoms with Crippen LogP contribution in [0.15, 0.2) is 99.1 Å². The second-order valence-electron chi connectivity index (χ2n) is 5.36. The van der Waals surface area contributed by atoms with Gasteiger partial charge in [0.1, 0.15) is 9.73 Å². The molecule has 0 aromatic heterocycles. The molecule has 1 atom stereocenters. The summed E-state index contributed by atoms with van der Waals surface area (Å²) in [5.74, 6) is 0. The van der Waals surface area contributed by atoms with Gasteiger partial charge < -0.3 is 0 Å². The zero-order valence-corrected chi connectivity index (χ0v) is 13.2. The quantitative estimate of drug-likeness (QED) is 0.648. The number of benzene rings is 3. The van der Waals surface area contributed by atoms with Crippen LogP contribution in [0.1, 0.15) is 11.1 Å². The van der Waals surface area contributed by atoms with E-state index in [-0.39, 0.29) is 0 Å². The van der Waals surface area contributed by atoms with Crippen molar-refractivity contribution in [3.63, 3.8) is 0 Å². The van der Waals surface area contributed by atoms with Gasteiger partial charge in [0.2, 0.25) is 0 Å². The van der Waals surface area contributed by atoms with Gasteiger partial charge in [-0.3, -0.25) is 0 Å². The van der Waals surface area contributed by atoms with Crippen LogP contribution in [0.5, 0.6) is 0 Å². The molecule has 1 aliphatic heterocycles. The van der Waals surface area contributed by atoms with E-state index in [0.29, 0.717) is 0 Å². The van der Waals surface area contributed by atoms with Crippen LogP contribution in [-0.4, -0.2) is 4.21 Å². The SMILES string of the molecule is O=S1(c2ccccc2)=NC(c2ccccc2)=Cc2ccccc21. The van der Waals surface area contributed by atoms with E-state index < -0.39 is 9.73 Å². The molecule has 112 valence electrons. The smallest absolute Gasteiger partial charge is 0.109 e. The van der Waals surface area contributed by atoms with E-state index in [1.807, 2.05) is 91.0 Å². The fraction of sp³-hybridized carbons (Fsp3) is 0. The van der Waals surface area contributed by atoms with E-state index in [0.717, 1.165) is 26.6 Å². The van der Waals surface area contributed by atoms with Crippen molar-refractivity contribution in [1.82, 2.24) is 0 Å². The Hall–Kier alpha value is -2.65. The molecule has 2 nitrogen and oxygen atoms in total. The van der Waals surface area contributed by atoms with Gasteiger partial charge in [0.05, 0.1) is 15.5 Å². The topological polar surface area (TPSA) is 29.4 Å². The van der Waals surface area contributed by atoms with E-state index in [2.05, 4.69) is 4.36 Å². The summed E-state index contributed by atoms with van der Waals surface area (Å²) < 4.78 is 18.5. The minimum Gasteiger partial charge on any atom is -0.239 e. The van der Waals surface area contributed by atoms with E-state index in [1.165, 1.54) is 0 Å². The van der Waals surface area contributed by atoms with E-state index in [4.69, 9.17) is 0 Å². The molecule has 4 rings (SSSR count). The van der Waals surface area contributed by atoms with Crippen LogP contribution < -0.4 is 0 Å². The highest BCUT2D eigenvalue weighted by molar-refractivity contribution is 7.94. The normalized spacial score (nSPS) is 19.4. The minimum atomic E-state index is -2.67. The molecule has 1 heterocycles. The van der Waals surface area contributed by atoms with Crippen LogP contribution >= 0.6 is 0 Å². The summed E-state index contributed by atoms with van der Waals surface area (Å²) in [6, 6.07) is 27.2. The van der Waals surface area contributed by atoms with Crippen LogP contribution in [0.3, 0.4) is 0 Å². The van der Waals surface area contributed by atoms with Gasteiger partial charge in [0.15, 0.2) is 0 Å². The predicted molar refractivity (Wildman–Crippen MR) is 94.3 cm³/mol. The fourth-order valence-corrected chi connectivity index (χ4v) is 4.87. The van der Waals surface area contributed by atoms with Crippen molar-refractivity contribution in [3.05, 3.63) is 96.1 Å². The van der Waals surface area contributed by atoms with Crippen molar-refractivity contribution < 1.29 is 4.21 Å². The zero-order valence-electron chi connectivity index (χ0n) is 12.4. The number of nitrogens with zero attached hydrogens (tertiary/aromatic N) is 1. The second-order valence-corrected chi connectivity index (χ2v) is 7.51. The summed E-state index contributed by atoms with van der Waals surface area (Å²) in [6.07, 6.45) is 2.01. The second kappa shape index (κ2) is 5.52. The maximum absolute atomic E-state index is 13.8. The molecule has 0 N–H and O–H groups in total. The molecular formula is C20H15NOS. The number of fused-ring (bicyclic) bond motifs is 1. The fourth-order valence-electron chi connectivity index (χ4n) is 2.74. The maximum atomic E-state index is 13.8. The van der Waals surface area contributed by atoms with Crippen LogP contribution in [0.4, 0.5) is 0 Å². The first kappa shape index (κ1) is 14.0. The molecule has 0 radical (unpaired) electrons. The van der Waals surface area contributed by atoms with Gasteiger partial charge in [-0.25, -0.2) is 4.21 Å². The average molecular weight is 317 g/mol. The Labute approximate surface area is 136 Å². The third-order valence-corrected chi connectivity index (χ3v) is 6.20. The lowest BCUT2D eigenvalue weighted by Gasteiger charge is -2.19. The monoisotopic (exact) mass is 317 g/mol. The summed E-state index contributed by atoms with van der Waals surface area (Å²) in [5.41, 5.74) is 2.71. The molecule has 23 heavy (non-hydrogen) atoms. The number of hydrogen-bond acceptors (Lipinski definition) is 2. The zero-order chi connectivity index (χ0) is 15.7. The van der Waals surface area contributed by atoms with Crippen molar-refractivity contribution in [2.24, 2.45) is 4.36 Å². The molecule has 0 bridgehead atoms. The molecule has 0 spiro atoms. The van der Waals surface area contributed by atoms with E-state index >= 15 is 0 Å². The molecule has 3 aromatic carbocycles. The number of hydrogen-bond donors (Lipinski definition) is 0. The van der Waals surface area contributed by atoms with E-state index in [1.54, 1.807) is 0 Å². The predicted octanol–water partition coefficient (Wildman–Crippen LogP) is 5.08. The Bertz CT molecular complexity index is 998. The summed E-state index contributed by atoms with van der Waals surface area (Å²) >= 11 is 0. The van der Waals surface area contributed by atoms with Crippen LogP contribution in [0, 0.1) is 0 Å². The summed E-state index contributed by atoms with van der Waals surface area (Å²) in [7, 11) is -2.67. The molecule has 3 aromatic rings. The van der Waals surface area contributed by atoms with Gasteiger partial charge in [-0.05, 0) is 29.8 Å². The molecule has 0 saturated heterocycles. The molecular weight excluding hydrogens is 302 g/mol. The van der Waals surface area contributed by atoms with Gasteiger partial charge in [-0.15, -0.1) is 0 Å². The van der Waals surface area contributed by atoms with Crippen molar-refractivity contribution in [3.8, 4) is 0 Å². The van der Waals surface area contributed by atoms with E-state index in [9.17, 15) is 4.21 Å². The Morgan fingerprint density at radius 1 is 0.696 bits per heavy atom. The first-order chi connectivity index (χ1) is 11.3. The van der Waals surface area contributed by atoms with Crippen molar-refractivity contribution >= 4 is 21.5 Å². The van der Waals surface area contributed by atoms with Crippen LogP contribution in [0.2, 0.25) is 0 Å². The number of rotatable bonds is 2. The lowest BCUT2D eigenvalue weighted by molar-refractivity contribution is 0.676. The third kappa shape index (κ3) is 2.39. The summed E-state index contributed by atoms with van der Waals surface area (Å²) in [5, 5.41) is 0. The van der Waals surface area contributed by atoms with Gasteiger partial charge >= 0.3 is 0 Å². The summed E-state index contributed by atoms with van der Waals surface area (Å²) in [6.45, 7) is 0. The average Bonchev–Trinajstić information content (AvgIpc) is 2.63. The molecule has 0 fully saturated rings. The summed E-state index contributed by atoms with van der Waals surface area (Å²) in [4.78, 5) is 1.53. The maximum Gasteiger partial charge on any atom is 0.109 e. The Morgan fingerprint density at radius 2 is 1.30 bits per heavy atom. The third-order valence-electron chi connectivity index (χ3n) is 3.87. The minimum absolute atomic E-state index is 0.744. The standard InChI is InChI=1S/C20H15NOS/c22-23(18-12-5-2-6-13-18)20-14-8-7-11-17(20)15-19(21-23)16-9-3-1-4-10-16/h1-15H. The highest BCUT2D eigenvalue weighted by Crippen LogP contribution is 2.36. The lowest BCUT2D eigenvalue weighted by atomic mass is 10.1. The van der Waals surface area contributed by atoms with Crippen molar-refractivity contribution in [2.75, 3.05) is 0 Å². The lowest BCUT2D eigenvalue weighted by Crippen LogP contribution is -2.07. The molecule has 1 unspecified atom stereocenters. The Kier molecular flexibility index (Phi) is 3.36. The molecule has 0 amide bonds. The van der Waals surface area contributed by atoms with Crippen molar-refractivity contribution in [2.45, 2.75) is 9.79 Å². The Morgan fingerprint density at radius 3 is 2.04 bits per heavy atom. The highest BCUT2D eigenvalue weighted by Gasteiger charge is 2.23. The van der Waals surface area contributed by atoms with Gasteiger partial charge in [0, 0.05) is 5.56 Å². The van der Waals surface area contributed by atoms with Gasteiger partial charge in [-0.2, -0.15) is 4.36 Å². The molecule has 0 saturated carbocycles.